The Hall–Kier alpha value is -1.77. The van der Waals surface area contributed by atoms with Crippen LogP contribution in [0, 0.1) is 5.92 Å². The molecule has 0 unspecified atom stereocenters. The number of ether oxygens (including phenoxy) is 2. The standard InChI is InChI=1S/C16H22O3/c1-4-18-16-11-14(12-17)8-9-15(16)19-10-6-5-7-13(2)3/h5,7-9,11-13H,4,6,10H2,1-3H3. The van der Waals surface area contributed by atoms with Crippen LogP contribution in [0.4, 0.5) is 0 Å². The number of rotatable bonds is 8. The van der Waals surface area contributed by atoms with E-state index < -0.39 is 0 Å². The molecule has 0 aliphatic rings. The van der Waals surface area contributed by atoms with Gasteiger partial charge in [-0.2, -0.15) is 0 Å². The molecule has 1 rings (SSSR count). The van der Waals surface area contributed by atoms with Crippen molar-refractivity contribution in [1.82, 2.24) is 0 Å². The van der Waals surface area contributed by atoms with Crippen molar-refractivity contribution in [2.75, 3.05) is 13.2 Å². The molecule has 3 heteroatoms. The van der Waals surface area contributed by atoms with Crippen molar-refractivity contribution in [3.05, 3.63) is 35.9 Å². The summed E-state index contributed by atoms with van der Waals surface area (Å²) in [5, 5.41) is 0. The van der Waals surface area contributed by atoms with Crippen molar-refractivity contribution in [1.29, 1.82) is 0 Å². The molecule has 0 heterocycles. The minimum absolute atomic E-state index is 0.548. The lowest BCUT2D eigenvalue weighted by molar-refractivity contribution is 0.112. The molecule has 0 aromatic heterocycles. The van der Waals surface area contributed by atoms with Gasteiger partial charge in [-0.15, -0.1) is 0 Å². The minimum atomic E-state index is 0.548. The third-order valence-electron chi connectivity index (χ3n) is 2.47. The fourth-order valence-electron chi connectivity index (χ4n) is 1.59. The third-order valence-corrected chi connectivity index (χ3v) is 2.47. The van der Waals surface area contributed by atoms with Crippen LogP contribution in [0.5, 0.6) is 11.5 Å². The molecule has 0 N–H and O–H groups in total. The molecule has 1 aromatic rings. The average molecular weight is 262 g/mol. The lowest BCUT2D eigenvalue weighted by Gasteiger charge is -2.11. The zero-order chi connectivity index (χ0) is 14.1. The van der Waals surface area contributed by atoms with Gasteiger partial charge < -0.3 is 9.47 Å². The van der Waals surface area contributed by atoms with E-state index in [0.29, 0.717) is 36.2 Å². The Morgan fingerprint density at radius 2 is 2.00 bits per heavy atom. The van der Waals surface area contributed by atoms with Crippen LogP contribution in [0.3, 0.4) is 0 Å². The highest BCUT2D eigenvalue weighted by atomic mass is 16.5. The van der Waals surface area contributed by atoms with Crippen LogP contribution in [0.25, 0.3) is 0 Å². The minimum Gasteiger partial charge on any atom is -0.490 e. The maximum absolute atomic E-state index is 10.7. The monoisotopic (exact) mass is 262 g/mol. The van der Waals surface area contributed by atoms with Crippen molar-refractivity contribution < 1.29 is 14.3 Å². The Bertz CT molecular complexity index is 422. The predicted molar refractivity (Wildman–Crippen MR) is 77.1 cm³/mol. The van der Waals surface area contributed by atoms with E-state index >= 15 is 0 Å². The SMILES string of the molecule is CCOc1cc(C=O)ccc1OCCC=CC(C)C. The van der Waals surface area contributed by atoms with Crippen molar-refractivity contribution in [2.24, 2.45) is 5.92 Å². The third kappa shape index (κ3) is 5.60. The van der Waals surface area contributed by atoms with Gasteiger partial charge in [-0.1, -0.05) is 26.0 Å². The fourth-order valence-corrected chi connectivity index (χ4v) is 1.59. The molecule has 0 saturated carbocycles. The topological polar surface area (TPSA) is 35.5 Å². The van der Waals surface area contributed by atoms with Crippen LogP contribution < -0.4 is 9.47 Å². The summed E-state index contributed by atoms with van der Waals surface area (Å²) in [6.07, 6.45) is 5.93. The summed E-state index contributed by atoms with van der Waals surface area (Å²) in [5.41, 5.74) is 0.593. The number of hydrogen-bond donors (Lipinski definition) is 0. The number of allylic oxidation sites excluding steroid dienone is 1. The summed E-state index contributed by atoms with van der Waals surface area (Å²) >= 11 is 0. The van der Waals surface area contributed by atoms with Crippen molar-refractivity contribution in [3.8, 4) is 11.5 Å². The fraction of sp³-hybridized carbons (Fsp3) is 0.438. The molecule has 0 aliphatic heterocycles. The summed E-state index contributed by atoms with van der Waals surface area (Å²) in [7, 11) is 0. The Morgan fingerprint density at radius 1 is 1.21 bits per heavy atom. The van der Waals surface area contributed by atoms with Crippen molar-refractivity contribution in [3.63, 3.8) is 0 Å². The van der Waals surface area contributed by atoms with E-state index in [4.69, 9.17) is 9.47 Å². The van der Waals surface area contributed by atoms with E-state index in [2.05, 4.69) is 26.0 Å². The van der Waals surface area contributed by atoms with Crippen LogP contribution in [0.15, 0.2) is 30.4 Å². The van der Waals surface area contributed by atoms with E-state index in [1.54, 1.807) is 18.2 Å². The summed E-state index contributed by atoms with van der Waals surface area (Å²) in [4.78, 5) is 10.7. The molecule has 104 valence electrons. The van der Waals surface area contributed by atoms with Crippen molar-refractivity contribution in [2.45, 2.75) is 27.2 Å². The molecule has 19 heavy (non-hydrogen) atoms. The Balaban J connectivity index is 2.59. The van der Waals surface area contributed by atoms with Gasteiger partial charge in [-0.05, 0) is 37.5 Å². The zero-order valence-corrected chi connectivity index (χ0v) is 11.9. The van der Waals surface area contributed by atoms with E-state index in [0.717, 1.165) is 12.7 Å². The molecule has 0 aliphatic carbocycles. The van der Waals surface area contributed by atoms with E-state index in [9.17, 15) is 4.79 Å². The molecule has 0 amide bonds. The van der Waals surface area contributed by atoms with Gasteiger partial charge in [0.1, 0.15) is 6.29 Å². The van der Waals surface area contributed by atoms with Gasteiger partial charge in [0.15, 0.2) is 11.5 Å². The Kier molecular flexibility index (Phi) is 6.72. The van der Waals surface area contributed by atoms with Crippen LogP contribution in [0.2, 0.25) is 0 Å². The van der Waals surface area contributed by atoms with Gasteiger partial charge in [-0.25, -0.2) is 0 Å². The lowest BCUT2D eigenvalue weighted by Crippen LogP contribution is -2.01. The van der Waals surface area contributed by atoms with Crippen LogP contribution in [-0.2, 0) is 0 Å². The number of hydrogen-bond acceptors (Lipinski definition) is 3. The molecule has 0 atom stereocenters. The first-order valence-electron chi connectivity index (χ1n) is 6.68. The van der Waals surface area contributed by atoms with Gasteiger partial charge >= 0.3 is 0 Å². The van der Waals surface area contributed by atoms with Crippen molar-refractivity contribution >= 4 is 6.29 Å². The maximum Gasteiger partial charge on any atom is 0.161 e. The highest BCUT2D eigenvalue weighted by molar-refractivity contribution is 5.76. The Labute approximate surface area is 115 Å². The highest BCUT2D eigenvalue weighted by Crippen LogP contribution is 2.28. The maximum atomic E-state index is 10.7. The summed E-state index contributed by atoms with van der Waals surface area (Å²) < 4.78 is 11.2. The molecule has 0 radical (unpaired) electrons. The van der Waals surface area contributed by atoms with E-state index in [1.165, 1.54) is 0 Å². The molecule has 0 bridgehead atoms. The second-order valence-electron chi connectivity index (χ2n) is 4.57. The first-order valence-corrected chi connectivity index (χ1v) is 6.68. The quantitative estimate of drug-likeness (QED) is 0.405. The second-order valence-corrected chi connectivity index (χ2v) is 4.57. The number of carbonyl (C=O) groups excluding carboxylic acids is 1. The van der Waals surface area contributed by atoms with Gasteiger partial charge in [-0.3, -0.25) is 4.79 Å². The summed E-state index contributed by atoms with van der Waals surface area (Å²) in [5.74, 6) is 1.87. The molecule has 0 fully saturated rings. The van der Waals surface area contributed by atoms with E-state index in [-0.39, 0.29) is 0 Å². The normalized spacial score (nSPS) is 10.9. The summed E-state index contributed by atoms with van der Waals surface area (Å²) in [6.45, 7) is 7.34. The summed E-state index contributed by atoms with van der Waals surface area (Å²) in [6, 6.07) is 5.21. The number of aldehydes is 1. The van der Waals surface area contributed by atoms with E-state index in [1.807, 2.05) is 6.92 Å². The first-order chi connectivity index (χ1) is 9.17. The molecular weight excluding hydrogens is 240 g/mol. The smallest absolute Gasteiger partial charge is 0.161 e. The second kappa shape index (κ2) is 8.35. The average Bonchev–Trinajstić information content (AvgIpc) is 2.39. The lowest BCUT2D eigenvalue weighted by atomic mass is 10.2. The largest absolute Gasteiger partial charge is 0.490 e. The van der Waals surface area contributed by atoms with Crippen LogP contribution in [0.1, 0.15) is 37.6 Å². The van der Waals surface area contributed by atoms with Crippen LogP contribution in [-0.4, -0.2) is 19.5 Å². The van der Waals surface area contributed by atoms with Gasteiger partial charge in [0.2, 0.25) is 0 Å². The number of carbonyl (C=O) groups is 1. The van der Waals surface area contributed by atoms with Gasteiger partial charge in [0.05, 0.1) is 13.2 Å². The molecular formula is C16H22O3. The van der Waals surface area contributed by atoms with Gasteiger partial charge in [0, 0.05) is 5.56 Å². The first kappa shape index (κ1) is 15.3. The van der Waals surface area contributed by atoms with Crippen LogP contribution >= 0.6 is 0 Å². The zero-order valence-electron chi connectivity index (χ0n) is 11.9. The molecule has 1 aromatic carbocycles. The van der Waals surface area contributed by atoms with Gasteiger partial charge in [0.25, 0.3) is 0 Å². The highest BCUT2D eigenvalue weighted by Gasteiger charge is 2.05. The molecule has 0 saturated heterocycles. The molecule has 3 nitrogen and oxygen atoms in total. The molecule has 0 spiro atoms. The predicted octanol–water partition coefficient (Wildman–Crippen LogP) is 3.88. The number of benzene rings is 1. The Morgan fingerprint density at radius 3 is 2.63 bits per heavy atom.